The maximum atomic E-state index is 13.0. The van der Waals surface area contributed by atoms with Gasteiger partial charge in [0.15, 0.2) is 17.3 Å². The van der Waals surface area contributed by atoms with Crippen molar-refractivity contribution < 1.29 is 13.9 Å². The van der Waals surface area contributed by atoms with Crippen LogP contribution < -0.4 is 11.2 Å². The number of likely N-dealkylation sites (tertiary alicyclic amines) is 1. The third kappa shape index (κ3) is 6.56. The minimum Gasteiger partial charge on any atom is -0.453 e. The maximum Gasteiger partial charge on any atom is 0.410 e. The van der Waals surface area contributed by atoms with E-state index in [1.54, 1.807) is 9.58 Å². The van der Waals surface area contributed by atoms with Crippen molar-refractivity contribution in [2.24, 2.45) is 7.05 Å². The standard InChI is InChI=1S/C33H41N7O5/c1-33(2,3)45-32(43)37(4)23-16-18-39(19-17-23)20-21-10-12-22(13-11-21)25-14-15-26(44-25)28-34-27-29(35-31(42)38(5)30(27)41)40(36-28)24-8-6-7-9-24/h10-15,23-24H,6-9,16-20H2,1-5H3. The molecule has 238 valence electrons. The van der Waals surface area contributed by atoms with Crippen molar-refractivity contribution in [3.63, 3.8) is 0 Å². The Morgan fingerprint density at radius 2 is 1.64 bits per heavy atom. The first-order chi connectivity index (χ1) is 21.5. The number of ether oxygens (including phenoxy) is 1. The molecule has 2 fully saturated rings. The number of furan rings is 1. The van der Waals surface area contributed by atoms with E-state index < -0.39 is 16.9 Å². The fourth-order valence-corrected chi connectivity index (χ4v) is 6.20. The lowest BCUT2D eigenvalue weighted by Crippen LogP contribution is -2.46. The molecule has 0 N–H and O–H groups in total. The summed E-state index contributed by atoms with van der Waals surface area (Å²) in [6.07, 6.45) is 5.45. The van der Waals surface area contributed by atoms with E-state index >= 15 is 0 Å². The predicted octanol–water partition coefficient (Wildman–Crippen LogP) is 4.71. The Balaban J connectivity index is 1.14. The number of hydrogen-bond donors (Lipinski definition) is 0. The summed E-state index contributed by atoms with van der Waals surface area (Å²) in [7, 11) is 3.23. The summed E-state index contributed by atoms with van der Waals surface area (Å²) in [4.78, 5) is 50.6. The van der Waals surface area contributed by atoms with Gasteiger partial charge in [0.05, 0.1) is 6.04 Å². The Hall–Kier alpha value is -4.32. The number of carbonyl (C=O) groups excluding carboxylic acids is 1. The lowest BCUT2D eigenvalue weighted by molar-refractivity contribution is 0.0149. The molecule has 1 saturated heterocycles. The van der Waals surface area contributed by atoms with Crippen LogP contribution in [0, 0.1) is 0 Å². The Morgan fingerprint density at radius 3 is 2.31 bits per heavy atom. The van der Waals surface area contributed by atoms with Crippen LogP contribution in [0.4, 0.5) is 4.79 Å². The van der Waals surface area contributed by atoms with Crippen LogP contribution in [0.5, 0.6) is 0 Å². The van der Waals surface area contributed by atoms with Gasteiger partial charge < -0.3 is 14.1 Å². The van der Waals surface area contributed by atoms with Crippen LogP contribution in [-0.2, 0) is 18.3 Å². The number of carbonyl (C=O) groups is 1. The third-order valence-electron chi connectivity index (χ3n) is 8.77. The Morgan fingerprint density at radius 1 is 0.978 bits per heavy atom. The second kappa shape index (κ2) is 12.2. The fraction of sp³-hybridized carbons (Fsp3) is 0.515. The highest BCUT2D eigenvalue weighted by Crippen LogP contribution is 2.33. The van der Waals surface area contributed by atoms with Gasteiger partial charge in [-0.1, -0.05) is 37.1 Å². The number of hydrogen-bond acceptors (Lipinski definition) is 9. The van der Waals surface area contributed by atoms with Gasteiger partial charge in [0.25, 0.3) is 5.56 Å². The number of nitrogens with zero attached hydrogens (tertiary/aromatic N) is 7. The molecule has 45 heavy (non-hydrogen) atoms. The highest BCUT2D eigenvalue weighted by Gasteiger charge is 2.29. The lowest BCUT2D eigenvalue weighted by Gasteiger charge is -2.37. The normalized spacial score (nSPS) is 16.8. The molecule has 2 aromatic rings. The minimum absolute atomic E-state index is 0.0481. The van der Waals surface area contributed by atoms with Gasteiger partial charge >= 0.3 is 11.8 Å². The summed E-state index contributed by atoms with van der Waals surface area (Å²) in [5.74, 6) is 1.62. The van der Waals surface area contributed by atoms with E-state index in [-0.39, 0.29) is 35.5 Å². The average Bonchev–Trinajstić information content (AvgIpc) is 3.73. The first-order valence-corrected chi connectivity index (χ1v) is 15.7. The number of rotatable bonds is 6. The highest BCUT2D eigenvalue weighted by atomic mass is 16.6. The van der Waals surface area contributed by atoms with E-state index in [4.69, 9.17) is 14.3 Å². The van der Waals surface area contributed by atoms with Crippen LogP contribution in [0.2, 0.25) is 0 Å². The number of aromatic nitrogens is 5. The molecule has 6 rings (SSSR count). The van der Waals surface area contributed by atoms with Crippen molar-refractivity contribution in [3.05, 3.63) is 62.8 Å². The molecular weight excluding hydrogens is 574 g/mol. The molecule has 12 nitrogen and oxygen atoms in total. The molecule has 4 heterocycles. The van der Waals surface area contributed by atoms with E-state index in [0.717, 1.165) is 68.3 Å². The van der Waals surface area contributed by atoms with Gasteiger partial charge in [-0.2, -0.15) is 4.98 Å². The molecule has 1 aromatic heterocycles. The first-order valence-electron chi connectivity index (χ1n) is 15.7. The summed E-state index contributed by atoms with van der Waals surface area (Å²) in [5, 5.41) is 4.72. The van der Waals surface area contributed by atoms with Crippen molar-refractivity contribution >= 4 is 6.09 Å². The zero-order valence-electron chi connectivity index (χ0n) is 26.7. The van der Waals surface area contributed by atoms with E-state index in [9.17, 15) is 14.4 Å². The molecule has 1 aromatic carbocycles. The maximum absolute atomic E-state index is 13.0. The molecule has 0 unspecified atom stereocenters. The van der Waals surface area contributed by atoms with Gasteiger partial charge in [-0.3, -0.25) is 14.3 Å². The van der Waals surface area contributed by atoms with E-state index in [2.05, 4.69) is 27.0 Å². The van der Waals surface area contributed by atoms with Gasteiger partial charge in [-0.05, 0) is 64.2 Å². The molecule has 0 bridgehead atoms. The lowest BCUT2D eigenvalue weighted by atomic mass is 10.0. The molecule has 1 amide bonds. The molecular formula is C33H41N7O5. The molecule has 1 saturated carbocycles. The molecule has 0 atom stereocenters. The summed E-state index contributed by atoms with van der Waals surface area (Å²) < 4.78 is 14.4. The van der Waals surface area contributed by atoms with Crippen LogP contribution >= 0.6 is 0 Å². The van der Waals surface area contributed by atoms with Crippen LogP contribution in [-0.4, -0.2) is 72.0 Å². The zero-order chi connectivity index (χ0) is 31.9. The molecule has 0 spiro atoms. The number of amides is 1. The van der Waals surface area contributed by atoms with Crippen LogP contribution in [0.1, 0.15) is 70.9 Å². The van der Waals surface area contributed by atoms with Crippen molar-refractivity contribution in [3.8, 4) is 34.4 Å². The summed E-state index contributed by atoms with van der Waals surface area (Å²) in [6.45, 7) is 8.29. The smallest absolute Gasteiger partial charge is 0.410 e. The second-order valence-electron chi connectivity index (χ2n) is 13.2. The van der Waals surface area contributed by atoms with Crippen LogP contribution in [0.15, 0.2) is 50.4 Å². The SMILES string of the molecule is CN(C(=O)OC(C)(C)C)C1CCN(Cc2ccc(-c3ccc(-c4nc5c(=O)n(C)c(=O)nc-5n(C5CCCC5)n4)o3)cc2)CC1. The zero-order valence-corrected chi connectivity index (χ0v) is 26.7. The quantitative estimate of drug-likeness (QED) is 0.303. The Labute approximate surface area is 262 Å². The number of benzene rings is 1. The summed E-state index contributed by atoms with van der Waals surface area (Å²) in [6, 6.07) is 12.2. The third-order valence-corrected chi connectivity index (χ3v) is 8.77. The molecule has 4 aliphatic rings. The molecule has 1 aliphatic carbocycles. The van der Waals surface area contributed by atoms with Gasteiger partial charge in [-0.15, -0.1) is 5.10 Å². The van der Waals surface area contributed by atoms with Gasteiger partial charge in [0, 0.05) is 45.3 Å². The second-order valence-corrected chi connectivity index (χ2v) is 13.2. The van der Waals surface area contributed by atoms with E-state index in [0.29, 0.717) is 11.5 Å². The van der Waals surface area contributed by atoms with Crippen molar-refractivity contribution in [1.82, 2.24) is 34.1 Å². The van der Waals surface area contributed by atoms with Gasteiger partial charge in [-0.25, -0.2) is 19.3 Å². The van der Waals surface area contributed by atoms with Crippen molar-refractivity contribution in [2.45, 2.75) is 83.5 Å². The largest absolute Gasteiger partial charge is 0.453 e. The average molecular weight is 616 g/mol. The summed E-state index contributed by atoms with van der Waals surface area (Å²) >= 11 is 0. The van der Waals surface area contributed by atoms with Crippen LogP contribution in [0.3, 0.4) is 0 Å². The highest BCUT2D eigenvalue weighted by molar-refractivity contribution is 5.68. The fourth-order valence-electron chi connectivity index (χ4n) is 6.20. The molecule has 0 radical (unpaired) electrons. The monoisotopic (exact) mass is 615 g/mol. The minimum atomic E-state index is -0.616. The van der Waals surface area contributed by atoms with Crippen molar-refractivity contribution in [2.75, 3.05) is 20.1 Å². The Kier molecular flexibility index (Phi) is 8.34. The number of fused-ring (bicyclic) bond motifs is 1. The first kappa shape index (κ1) is 30.7. The Bertz CT molecular complexity index is 1750. The van der Waals surface area contributed by atoms with E-state index in [1.165, 1.54) is 12.6 Å². The number of piperidine rings is 1. The summed E-state index contributed by atoms with van der Waals surface area (Å²) in [5.41, 5.74) is 0.606. The van der Waals surface area contributed by atoms with E-state index in [1.807, 2.05) is 52.1 Å². The molecule has 12 heteroatoms. The van der Waals surface area contributed by atoms with Crippen molar-refractivity contribution in [1.29, 1.82) is 0 Å². The van der Waals surface area contributed by atoms with Crippen LogP contribution in [0.25, 0.3) is 34.4 Å². The molecule has 3 aliphatic heterocycles. The predicted molar refractivity (Wildman–Crippen MR) is 169 cm³/mol. The van der Waals surface area contributed by atoms with Gasteiger partial charge in [0.1, 0.15) is 11.4 Å². The topological polar surface area (TPSA) is 129 Å². The van der Waals surface area contributed by atoms with Gasteiger partial charge in [0.2, 0.25) is 5.82 Å².